The van der Waals surface area contributed by atoms with Crippen LogP contribution in [0.25, 0.3) is 16.9 Å². The Bertz CT molecular complexity index is 777. The van der Waals surface area contributed by atoms with Crippen LogP contribution in [0, 0.1) is 11.2 Å². The van der Waals surface area contributed by atoms with Crippen molar-refractivity contribution in [1.29, 1.82) is 0 Å². The molecule has 0 bridgehead atoms. The number of aromatic nitrogens is 2. The quantitative estimate of drug-likeness (QED) is 0.659. The van der Waals surface area contributed by atoms with E-state index in [1.807, 2.05) is 31.2 Å². The Kier molecular flexibility index (Phi) is 3.64. The SMILES string of the molecule is Cc1cc(-c2ccccc2)n(-c2ccccc2)c(=[Se])n1. The molecule has 3 aromatic rings. The van der Waals surface area contributed by atoms with Gasteiger partial charge in [-0.1, -0.05) is 0 Å². The zero-order chi connectivity index (χ0) is 13.9. The summed E-state index contributed by atoms with van der Waals surface area (Å²) in [5.41, 5.74) is 4.42. The van der Waals surface area contributed by atoms with Gasteiger partial charge in [-0.05, 0) is 0 Å². The van der Waals surface area contributed by atoms with E-state index < -0.39 is 0 Å². The van der Waals surface area contributed by atoms with E-state index in [4.69, 9.17) is 0 Å². The molecule has 20 heavy (non-hydrogen) atoms. The normalized spacial score (nSPS) is 10.4. The molecular formula is C17H14N2Se. The van der Waals surface area contributed by atoms with Gasteiger partial charge in [-0.25, -0.2) is 0 Å². The van der Waals surface area contributed by atoms with Gasteiger partial charge in [0.05, 0.1) is 0 Å². The van der Waals surface area contributed by atoms with Crippen molar-refractivity contribution in [3.8, 4) is 16.9 Å². The fraction of sp³-hybridized carbons (Fsp3) is 0.0588. The molecule has 0 aliphatic carbocycles. The topological polar surface area (TPSA) is 17.8 Å². The van der Waals surface area contributed by atoms with Gasteiger partial charge >= 0.3 is 126 Å². The van der Waals surface area contributed by atoms with Crippen molar-refractivity contribution in [2.24, 2.45) is 0 Å². The summed E-state index contributed by atoms with van der Waals surface area (Å²) in [5.74, 6) is 0. The second-order valence-electron chi connectivity index (χ2n) is 4.60. The Hall–Kier alpha value is -1.96. The van der Waals surface area contributed by atoms with Gasteiger partial charge in [-0.2, -0.15) is 0 Å². The summed E-state index contributed by atoms with van der Waals surface area (Å²) in [7, 11) is 0. The van der Waals surface area contributed by atoms with Crippen LogP contribution in [0.1, 0.15) is 5.69 Å². The van der Waals surface area contributed by atoms with Crippen molar-refractivity contribution in [2.75, 3.05) is 0 Å². The maximum atomic E-state index is 4.54. The number of benzene rings is 2. The summed E-state index contributed by atoms with van der Waals surface area (Å²) in [6.07, 6.45) is 0. The van der Waals surface area contributed by atoms with Crippen molar-refractivity contribution in [1.82, 2.24) is 9.55 Å². The zero-order valence-corrected chi connectivity index (χ0v) is 12.9. The molecule has 0 aliphatic heterocycles. The van der Waals surface area contributed by atoms with Crippen LogP contribution in [0.15, 0.2) is 66.7 Å². The van der Waals surface area contributed by atoms with E-state index in [2.05, 4.69) is 67.6 Å². The summed E-state index contributed by atoms with van der Waals surface area (Å²) in [6, 6.07) is 22.8. The summed E-state index contributed by atoms with van der Waals surface area (Å²) in [6.45, 7) is 2.02. The van der Waals surface area contributed by atoms with E-state index in [1.54, 1.807) is 0 Å². The monoisotopic (exact) mass is 326 g/mol. The summed E-state index contributed by atoms with van der Waals surface area (Å²) < 4.78 is 3.01. The maximum absolute atomic E-state index is 4.54. The number of para-hydroxylation sites is 1. The Morgan fingerprint density at radius 3 is 2.15 bits per heavy atom. The molecule has 0 saturated carbocycles. The molecule has 0 spiro atoms. The molecule has 3 heteroatoms. The summed E-state index contributed by atoms with van der Waals surface area (Å²) >= 11 is 3.07. The van der Waals surface area contributed by atoms with Gasteiger partial charge in [0.2, 0.25) is 0 Å². The second-order valence-corrected chi connectivity index (χ2v) is 5.37. The fourth-order valence-corrected chi connectivity index (χ4v) is 2.98. The van der Waals surface area contributed by atoms with E-state index >= 15 is 0 Å². The predicted octanol–water partition coefficient (Wildman–Crippen LogP) is 3.55. The van der Waals surface area contributed by atoms with Crippen molar-refractivity contribution >= 4 is 15.6 Å². The van der Waals surface area contributed by atoms with Crippen LogP contribution in [0.2, 0.25) is 0 Å². The minimum absolute atomic E-state index is 0.870. The van der Waals surface area contributed by atoms with Crippen LogP contribution in [0.5, 0.6) is 0 Å². The molecule has 1 heterocycles. The molecular weight excluding hydrogens is 311 g/mol. The zero-order valence-electron chi connectivity index (χ0n) is 11.2. The van der Waals surface area contributed by atoms with Crippen LogP contribution >= 0.6 is 0 Å². The Morgan fingerprint density at radius 2 is 1.50 bits per heavy atom. The first-order chi connectivity index (χ1) is 9.75. The van der Waals surface area contributed by atoms with Gasteiger partial charge < -0.3 is 0 Å². The van der Waals surface area contributed by atoms with E-state index in [-0.39, 0.29) is 0 Å². The number of nitrogens with zero attached hydrogens (tertiary/aromatic N) is 2. The second kappa shape index (κ2) is 5.58. The number of aryl methyl sites for hydroxylation is 1. The Morgan fingerprint density at radius 1 is 0.900 bits per heavy atom. The minimum atomic E-state index is 0.870. The summed E-state index contributed by atoms with van der Waals surface area (Å²) in [5, 5.41) is 0. The van der Waals surface area contributed by atoms with Crippen LogP contribution in [-0.4, -0.2) is 25.1 Å². The van der Waals surface area contributed by atoms with Crippen molar-refractivity contribution in [2.45, 2.75) is 6.92 Å². The molecule has 0 saturated heterocycles. The molecule has 0 amide bonds. The molecule has 2 nitrogen and oxygen atoms in total. The Labute approximate surface area is 126 Å². The van der Waals surface area contributed by atoms with Gasteiger partial charge in [-0.15, -0.1) is 0 Å². The number of hydrogen-bond donors (Lipinski definition) is 0. The van der Waals surface area contributed by atoms with Gasteiger partial charge in [0, 0.05) is 0 Å². The van der Waals surface area contributed by atoms with Gasteiger partial charge in [0.25, 0.3) is 0 Å². The third-order valence-electron chi connectivity index (χ3n) is 3.13. The first-order valence-corrected chi connectivity index (χ1v) is 7.33. The van der Waals surface area contributed by atoms with Crippen LogP contribution in [0.4, 0.5) is 0 Å². The van der Waals surface area contributed by atoms with Gasteiger partial charge in [0.15, 0.2) is 0 Å². The molecule has 0 fully saturated rings. The standard InChI is InChI=1S/C17H14N2Se/c1-13-12-16(14-8-4-2-5-9-14)19(17(20)18-13)15-10-6-3-7-11-15/h2-12H,1H3. The molecule has 98 valence electrons. The van der Waals surface area contributed by atoms with Crippen molar-refractivity contribution in [3.05, 3.63) is 76.7 Å². The molecule has 0 atom stereocenters. The van der Waals surface area contributed by atoms with E-state index in [0.29, 0.717) is 0 Å². The van der Waals surface area contributed by atoms with Crippen LogP contribution in [-0.2, 0) is 0 Å². The molecule has 3 rings (SSSR count). The molecule has 0 radical (unpaired) electrons. The molecule has 2 aromatic carbocycles. The van der Waals surface area contributed by atoms with E-state index in [9.17, 15) is 0 Å². The number of hydrogen-bond acceptors (Lipinski definition) is 1. The molecule has 1 aromatic heterocycles. The molecule has 0 unspecified atom stereocenters. The van der Waals surface area contributed by atoms with E-state index in [1.165, 1.54) is 5.56 Å². The van der Waals surface area contributed by atoms with Crippen LogP contribution in [0.3, 0.4) is 0 Å². The van der Waals surface area contributed by atoms with E-state index in [0.717, 1.165) is 21.4 Å². The van der Waals surface area contributed by atoms with Crippen molar-refractivity contribution in [3.63, 3.8) is 0 Å². The predicted molar refractivity (Wildman–Crippen MR) is 82.7 cm³/mol. The third-order valence-corrected chi connectivity index (χ3v) is 3.71. The van der Waals surface area contributed by atoms with Crippen LogP contribution < -0.4 is 0 Å². The summed E-state index contributed by atoms with van der Waals surface area (Å²) in [4.78, 5) is 4.54. The van der Waals surface area contributed by atoms with Crippen molar-refractivity contribution < 1.29 is 0 Å². The third kappa shape index (κ3) is 2.51. The Balaban J connectivity index is 2.32. The molecule has 0 N–H and O–H groups in total. The van der Waals surface area contributed by atoms with Gasteiger partial charge in [0.1, 0.15) is 0 Å². The first kappa shape index (κ1) is 13.0. The van der Waals surface area contributed by atoms with Gasteiger partial charge in [-0.3, -0.25) is 0 Å². The number of rotatable bonds is 2. The fourth-order valence-electron chi connectivity index (χ4n) is 2.25. The average Bonchev–Trinajstić information content (AvgIpc) is 2.48. The molecule has 0 aliphatic rings. The first-order valence-electron chi connectivity index (χ1n) is 6.47. The average molecular weight is 325 g/mol.